The van der Waals surface area contributed by atoms with Crippen molar-refractivity contribution in [3.8, 4) is 34.5 Å². The molecule has 2 rings (SSSR count). The molecule has 0 atom stereocenters. The molecule has 0 fully saturated rings. The number of hydrogen-bond donors (Lipinski definition) is 0. The zero-order chi connectivity index (χ0) is 20.0. The van der Waals surface area contributed by atoms with Gasteiger partial charge >= 0.3 is 0 Å². The minimum atomic E-state index is -0.0705. The van der Waals surface area contributed by atoms with Gasteiger partial charge in [0.2, 0.25) is 0 Å². The monoisotopic (exact) mass is 396 g/mol. The van der Waals surface area contributed by atoms with E-state index in [2.05, 4.69) is 0 Å². The highest BCUT2D eigenvalue weighted by molar-refractivity contribution is 7.22. The number of methoxy groups -OCH3 is 4. The van der Waals surface area contributed by atoms with Crippen LogP contribution in [0, 0.1) is 0 Å². The second-order valence-electron chi connectivity index (χ2n) is 5.39. The van der Waals surface area contributed by atoms with Crippen LogP contribution < -0.4 is 28.4 Å². The summed E-state index contributed by atoms with van der Waals surface area (Å²) in [7, 11) is 6.14. The molecule has 8 heteroatoms. The first-order valence-corrected chi connectivity index (χ1v) is 9.53. The summed E-state index contributed by atoms with van der Waals surface area (Å²) < 4.78 is 45.6. The largest absolute Gasteiger partial charge is 0.496 e. The van der Waals surface area contributed by atoms with E-state index in [1.807, 2.05) is 13.8 Å². The van der Waals surface area contributed by atoms with Crippen molar-refractivity contribution in [3.05, 3.63) is 11.6 Å². The first-order valence-electron chi connectivity index (χ1n) is 8.53. The smallest absolute Gasteiger partial charge is 0.173 e. The second-order valence-corrected chi connectivity index (χ2v) is 5.96. The van der Waals surface area contributed by atoms with Crippen molar-refractivity contribution in [2.45, 2.75) is 20.0 Å². The van der Waals surface area contributed by atoms with Crippen molar-refractivity contribution in [1.29, 1.82) is 0 Å². The van der Waals surface area contributed by atoms with Gasteiger partial charge in [-0.3, -0.25) is 4.57 Å². The maximum absolute atomic E-state index is 11.4. The van der Waals surface area contributed by atoms with Gasteiger partial charge in [0.1, 0.15) is 11.5 Å². The second kappa shape index (κ2) is 9.51. The average Bonchev–Trinajstić information content (AvgIpc) is 2.68. The fourth-order valence-electron chi connectivity index (χ4n) is 3.11. The van der Waals surface area contributed by atoms with Gasteiger partial charge in [-0.2, -0.15) is 0 Å². The van der Waals surface area contributed by atoms with Crippen LogP contribution in [0.2, 0.25) is 0 Å². The third-order valence-electron chi connectivity index (χ3n) is 4.06. The van der Waals surface area contributed by atoms with Crippen molar-refractivity contribution in [3.63, 3.8) is 0 Å². The lowest BCUT2D eigenvalue weighted by atomic mass is 10.0. The molecule has 0 spiro atoms. The zero-order valence-electron chi connectivity index (χ0n) is 16.5. The van der Waals surface area contributed by atoms with Gasteiger partial charge in [-0.25, -0.2) is 0 Å². The number of ether oxygens (including phenoxy) is 6. The van der Waals surface area contributed by atoms with Crippen molar-refractivity contribution < 1.29 is 33.0 Å². The van der Waals surface area contributed by atoms with Gasteiger partial charge in [0.05, 0.1) is 64.2 Å². The Morgan fingerprint density at radius 1 is 0.741 bits per heavy atom. The summed E-state index contributed by atoms with van der Waals surface area (Å²) in [6, 6.07) is 1.74. The van der Waals surface area contributed by atoms with Gasteiger partial charge < -0.3 is 28.4 Å². The molecule has 27 heavy (non-hydrogen) atoms. The van der Waals surface area contributed by atoms with Gasteiger partial charge in [0, 0.05) is 6.07 Å². The molecule has 0 saturated carbocycles. The SMILES string of the molecule is CCOc1cc(OC)c2c(OC)c(CP=O)c(OCC)c(OC)c2c1OC. The number of benzene rings is 2. The lowest BCUT2D eigenvalue weighted by molar-refractivity contribution is 0.301. The quantitative estimate of drug-likeness (QED) is 0.549. The summed E-state index contributed by atoms with van der Waals surface area (Å²) >= 11 is 0. The van der Waals surface area contributed by atoms with E-state index in [-0.39, 0.29) is 14.6 Å². The first-order chi connectivity index (χ1) is 13.1. The van der Waals surface area contributed by atoms with Crippen LogP contribution in [0.5, 0.6) is 34.5 Å². The lowest BCUT2D eigenvalue weighted by Crippen LogP contribution is -2.05. The molecular formula is C19H25O7P. The number of hydrogen-bond acceptors (Lipinski definition) is 7. The normalized spacial score (nSPS) is 10.7. The third-order valence-corrected chi connectivity index (χ3v) is 4.51. The van der Waals surface area contributed by atoms with E-state index in [4.69, 9.17) is 28.4 Å². The Kier molecular flexibility index (Phi) is 7.36. The zero-order valence-corrected chi connectivity index (χ0v) is 17.4. The number of rotatable bonds is 10. The molecular weight excluding hydrogens is 371 g/mol. The molecule has 0 heterocycles. The molecule has 0 amide bonds. The van der Waals surface area contributed by atoms with E-state index in [9.17, 15) is 4.57 Å². The van der Waals surface area contributed by atoms with Crippen LogP contribution in [0.25, 0.3) is 10.8 Å². The predicted octanol–water partition coefficient (Wildman–Crippen LogP) is 4.46. The molecule has 0 unspecified atom stereocenters. The topological polar surface area (TPSA) is 72.5 Å². The molecule has 0 aliphatic rings. The van der Waals surface area contributed by atoms with Crippen LogP contribution in [-0.4, -0.2) is 41.7 Å². The molecule has 2 aromatic carbocycles. The minimum Gasteiger partial charge on any atom is -0.496 e. The molecule has 0 radical (unpaired) electrons. The molecule has 148 valence electrons. The Morgan fingerprint density at radius 2 is 1.37 bits per heavy atom. The lowest BCUT2D eigenvalue weighted by Gasteiger charge is -2.23. The standard InChI is InChI=1S/C19H25O7P/c1-7-25-13-9-12(21-3)14-15(18(13)23-5)19(24-6)17(26-8-2)11(10-27-20)16(14)22-4/h9H,7-8,10H2,1-6H3. The van der Waals surface area contributed by atoms with Crippen molar-refractivity contribution in [2.75, 3.05) is 41.7 Å². The van der Waals surface area contributed by atoms with Crippen LogP contribution in [0.1, 0.15) is 19.4 Å². The Labute approximate surface area is 160 Å². The summed E-state index contributed by atoms with van der Waals surface area (Å²) in [6.07, 6.45) is 0.198. The van der Waals surface area contributed by atoms with Crippen molar-refractivity contribution >= 4 is 19.2 Å². The molecule has 0 aliphatic carbocycles. The summed E-state index contributed by atoms with van der Waals surface area (Å²) in [5.74, 6) is 2.92. The molecule has 0 aromatic heterocycles. The Balaban J connectivity index is 3.14. The summed E-state index contributed by atoms with van der Waals surface area (Å²) in [5.41, 5.74) is 0.630. The molecule has 0 aliphatic heterocycles. The summed E-state index contributed by atoms with van der Waals surface area (Å²) in [5, 5.41) is 1.24. The van der Waals surface area contributed by atoms with Crippen LogP contribution >= 0.6 is 8.46 Å². The predicted molar refractivity (Wildman–Crippen MR) is 104 cm³/mol. The minimum absolute atomic E-state index is 0.0705. The maximum Gasteiger partial charge on any atom is 0.173 e. The van der Waals surface area contributed by atoms with E-state index in [1.54, 1.807) is 34.5 Å². The fourth-order valence-corrected chi connectivity index (χ4v) is 3.53. The van der Waals surface area contributed by atoms with Crippen LogP contribution in [0.15, 0.2) is 6.07 Å². The van der Waals surface area contributed by atoms with Crippen molar-refractivity contribution in [1.82, 2.24) is 0 Å². The van der Waals surface area contributed by atoms with Crippen LogP contribution in [-0.2, 0) is 10.7 Å². The molecule has 7 nitrogen and oxygen atoms in total. The van der Waals surface area contributed by atoms with Crippen molar-refractivity contribution in [2.24, 2.45) is 0 Å². The van der Waals surface area contributed by atoms with E-state index < -0.39 is 0 Å². The highest BCUT2D eigenvalue weighted by Gasteiger charge is 2.29. The van der Waals surface area contributed by atoms with E-state index in [0.29, 0.717) is 64.0 Å². The van der Waals surface area contributed by atoms with Gasteiger partial charge in [-0.15, -0.1) is 0 Å². The van der Waals surface area contributed by atoms with Crippen LogP contribution in [0.4, 0.5) is 0 Å². The Hall–Kier alpha value is -2.40. The van der Waals surface area contributed by atoms with Gasteiger partial charge in [0.25, 0.3) is 0 Å². The first kappa shape index (κ1) is 20.9. The molecule has 0 bridgehead atoms. The van der Waals surface area contributed by atoms with Gasteiger partial charge in [-0.1, -0.05) is 0 Å². The Bertz CT molecular complexity index is 820. The third kappa shape index (κ3) is 3.69. The molecule has 0 saturated heterocycles. The average molecular weight is 396 g/mol. The van der Waals surface area contributed by atoms with Gasteiger partial charge in [0.15, 0.2) is 31.5 Å². The molecule has 0 N–H and O–H groups in total. The summed E-state index contributed by atoms with van der Waals surface area (Å²) in [4.78, 5) is 0. The maximum atomic E-state index is 11.4. The molecule has 2 aromatic rings. The van der Waals surface area contributed by atoms with E-state index >= 15 is 0 Å². The van der Waals surface area contributed by atoms with E-state index in [0.717, 1.165) is 0 Å². The van der Waals surface area contributed by atoms with Gasteiger partial charge in [-0.05, 0) is 13.8 Å². The highest BCUT2D eigenvalue weighted by Crippen LogP contribution is 2.55. The fraction of sp³-hybridized carbons (Fsp3) is 0.474. The Morgan fingerprint density at radius 3 is 1.85 bits per heavy atom. The van der Waals surface area contributed by atoms with Crippen LogP contribution in [0.3, 0.4) is 0 Å². The number of fused-ring (bicyclic) bond motifs is 1. The summed E-state index contributed by atoms with van der Waals surface area (Å²) in [6.45, 7) is 4.60. The highest BCUT2D eigenvalue weighted by atomic mass is 31.1. The van der Waals surface area contributed by atoms with E-state index in [1.165, 1.54) is 0 Å².